The van der Waals surface area contributed by atoms with Crippen LogP contribution in [-0.4, -0.2) is 43.9 Å². The number of benzene rings is 1. The lowest BCUT2D eigenvalue weighted by Crippen LogP contribution is -2.32. The van der Waals surface area contributed by atoms with E-state index in [1.54, 1.807) is 6.92 Å². The van der Waals surface area contributed by atoms with Crippen LogP contribution in [0.1, 0.15) is 30.9 Å². The number of esters is 1. The van der Waals surface area contributed by atoms with Crippen LogP contribution in [0, 0.1) is 6.92 Å². The molecule has 0 radical (unpaired) electrons. The zero-order chi connectivity index (χ0) is 17.4. The van der Waals surface area contributed by atoms with Crippen molar-refractivity contribution in [2.75, 3.05) is 19.8 Å². The molecule has 0 aromatic heterocycles. The topological polar surface area (TPSA) is 73.9 Å². The van der Waals surface area contributed by atoms with Crippen LogP contribution in [-0.2, 0) is 30.3 Å². The molecular weight excluding hydrogens is 310 g/mol. The predicted octanol–water partition coefficient (Wildman–Crippen LogP) is 1.74. The molecule has 1 amide bonds. The van der Waals surface area contributed by atoms with Gasteiger partial charge in [0.1, 0.15) is 0 Å². The molecule has 2 unspecified atom stereocenters. The molecule has 1 aromatic rings. The van der Waals surface area contributed by atoms with Gasteiger partial charge in [0.2, 0.25) is 0 Å². The fourth-order valence-corrected chi connectivity index (χ4v) is 2.31. The first-order chi connectivity index (χ1) is 11.5. The Hall–Kier alpha value is -1.92. The van der Waals surface area contributed by atoms with Gasteiger partial charge in [0, 0.05) is 13.2 Å². The molecular formula is C18H25NO5. The summed E-state index contributed by atoms with van der Waals surface area (Å²) < 4.78 is 15.8. The number of nitrogens with one attached hydrogen (secondary N) is 1. The maximum atomic E-state index is 11.8. The van der Waals surface area contributed by atoms with E-state index in [-0.39, 0.29) is 18.6 Å². The van der Waals surface area contributed by atoms with E-state index in [1.165, 1.54) is 0 Å². The summed E-state index contributed by atoms with van der Waals surface area (Å²) in [6.45, 7) is 4.83. The van der Waals surface area contributed by atoms with Gasteiger partial charge >= 0.3 is 5.97 Å². The van der Waals surface area contributed by atoms with Gasteiger partial charge in [-0.25, -0.2) is 4.79 Å². The molecule has 0 saturated carbocycles. The minimum atomic E-state index is -0.709. The summed E-state index contributed by atoms with van der Waals surface area (Å²) in [4.78, 5) is 23.5. The van der Waals surface area contributed by atoms with E-state index in [2.05, 4.69) is 5.32 Å². The van der Waals surface area contributed by atoms with E-state index in [4.69, 9.17) is 14.2 Å². The maximum Gasteiger partial charge on any atom is 0.335 e. The van der Waals surface area contributed by atoms with Crippen LogP contribution < -0.4 is 5.32 Å². The highest BCUT2D eigenvalue weighted by Crippen LogP contribution is 2.13. The quantitative estimate of drug-likeness (QED) is 0.733. The van der Waals surface area contributed by atoms with Gasteiger partial charge in [-0.1, -0.05) is 29.8 Å². The summed E-state index contributed by atoms with van der Waals surface area (Å²) in [5, 5.41) is 2.71. The molecule has 1 N–H and O–H groups in total. The summed E-state index contributed by atoms with van der Waals surface area (Å²) in [6.07, 6.45) is 1.31. The van der Waals surface area contributed by atoms with Crippen LogP contribution in [0.2, 0.25) is 0 Å². The third-order valence-corrected chi connectivity index (χ3v) is 3.84. The summed E-state index contributed by atoms with van der Waals surface area (Å²) in [5.74, 6) is -0.881. The van der Waals surface area contributed by atoms with Crippen molar-refractivity contribution >= 4 is 11.9 Å². The summed E-state index contributed by atoms with van der Waals surface area (Å²) in [6, 6.07) is 7.86. The van der Waals surface area contributed by atoms with Crippen LogP contribution in [0.3, 0.4) is 0 Å². The Morgan fingerprint density at radius 1 is 1.33 bits per heavy atom. The standard InChI is InChI=1S/C18H25NO5/c1-13-5-7-15(8-6-13)10-19-17(20)12-24-18(21)14(2)23-11-16-4-3-9-22-16/h5-8,14,16H,3-4,9-12H2,1-2H3,(H,19,20). The number of hydrogen-bond acceptors (Lipinski definition) is 5. The van der Waals surface area contributed by atoms with Crippen LogP contribution in [0.4, 0.5) is 0 Å². The van der Waals surface area contributed by atoms with Crippen LogP contribution in [0.25, 0.3) is 0 Å². The number of hydrogen-bond donors (Lipinski definition) is 1. The van der Waals surface area contributed by atoms with Crippen molar-refractivity contribution < 1.29 is 23.8 Å². The highest BCUT2D eigenvalue weighted by molar-refractivity contribution is 5.81. The molecule has 0 bridgehead atoms. The van der Waals surface area contributed by atoms with E-state index in [0.29, 0.717) is 13.2 Å². The van der Waals surface area contributed by atoms with Crippen molar-refractivity contribution in [1.29, 1.82) is 0 Å². The average Bonchev–Trinajstić information content (AvgIpc) is 3.10. The van der Waals surface area contributed by atoms with E-state index >= 15 is 0 Å². The first kappa shape index (κ1) is 18.4. The highest BCUT2D eigenvalue weighted by atomic mass is 16.6. The van der Waals surface area contributed by atoms with Gasteiger partial charge < -0.3 is 19.5 Å². The Morgan fingerprint density at radius 3 is 2.75 bits per heavy atom. The van der Waals surface area contributed by atoms with Crippen LogP contribution >= 0.6 is 0 Å². The molecule has 24 heavy (non-hydrogen) atoms. The molecule has 2 rings (SSSR count). The molecule has 6 nitrogen and oxygen atoms in total. The zero-order valence-electron chi connectivity index (χ0n) is 14.2. The lowest BCUT2D eigenvalue weighted by atomic mass is 10.1. The van der Waals surface area contributed by atoms with Gasteiger partial charge in [0.25, 0.3) is 5.91 Å². The van der Waals surface area contributed by atoms with Crippen molar-refractivity contribution in [3.05, 3.63) is 35.4 Å². The molecule has 1 heterocycles. The third kappa shape index (κ3) is 6.29. The van der Waals surface area contributed by atoms with E-state index in [1.807, 2.05) is 31.2 Å². The number of carbonyl (C=O) groups is 2. The molecule has 1 aliphatic rings. The normalized spacial score (nSPS) is 18.2. The SMILES string of the molecule is Cc1ccc(CNC(=O)COC(=O)C(C)OCC2CCCO2)cc1. The first-order valence-electron chi connectivity index (χ1n) is 8.26. The Balaban J connectivity index is 1.61. The number of carbonyl (C=O) groups excluding carboxylic acids is 2. The van der Waals surface area contributed by atoms with E-state index < -0.39 is 12.1 Å². The molecule has 1 fully saturated rings. The second kappa shape index (κ2) is 9.39. The van der Waals surface area contributed by atoms with Crippen molar-refractivity contribution in [3.63, 3.8) is 0 Å². The fourth-order valence-electron chi connectivity index (χ4n) is 2.31. The van der Waals surface area contributed by atoms with Crippen LogP contribution in [0.5, 0.6) is 0 Å². The molecule has 0 aliphatic carbocycles. The Labute approximate surface area is 142 Å². The average molecular weight is 335 g/mol. The molecule has 1 saturated heterocycles. The van der Waals surface area contributed by atoms with Gasteiger partial charge in [-0.3, -0.25) is 4.79 Å². The van der Waals surface area contributed by atoms with Gasteiger partial charge in [0.15, 0.2) is 12.7 Å². The Bertz CT molecular complexity index is 537. The number of amides is 1. The molecule has 1 aliphatic heterocycles. The molecule has 2 atom stereocenters. The monoisotopic (exact) mass is 335 g/mol. The number of rotatable bonds is 8. The summed E-state index contributed by atoms with van der Waals surface area (Å²) >= 11 is 0. The van der Waals surface area contributed by atoms with Gasteiger partial charge in [-0.05, 0) is 32.3 Å². The van der Waals surface area contributed by atoms with E-state index in [9.17, 15) is 9.59 Å². The Kier molecular flexibility index (Phi) is 7.21. The lowest BCUT2D eigenvalue weighted by molar-refractivity contribution is -0.160. The first-order valence-corrected chi connectivity index (χ1v) is 8.26. The number of aryl methyl sites for hydroxylation is 1. The van der Waals surface area contributed by atoms with Gasteiger partial charge in [-0.2, -0.15) is 0 Å². The van der Waals surface area contributed by atoms with Crippen molar-refractivity contribution in [3.8, 4) is 0 Å². The van der Waals surface area contributed by atoms with Gasteiger partial charge in [0.05, 0.1) is 12.7 Å². The summed E-state index contributed by atoms with van der Waals surface area (Å²) in [5.41, 5.74) is 2.16. The largest absolute Gasteiger partial charge is 0.454 e. The molecule has 132 valence electrons. The predicted molar refractivity (Wildman–Crippen MR) is 88.4 cm³/mol. The van der Waals surface area contributed by atoms with Crippen molar-refractivity contribution in [1.82, 2.24) is 5.32 Å². The Morgan fingerprint density at radius 2 is 2.08 bits per heavy atom. The molecule has 6 heteroatoms. The van der Waals surface area contributed by atoms with Crippen LogP contribution in [0.15, 0.2) is 24.3 Å². The van der Waals surface area contributed by atoms with E-state index in [0.717, 1.165) is 30.6 Å². The molecule has 1 aromatic carbocycles. The maximum absolute atomic E-state index is 11.8. The van der Waals surface area contributed by atoms with Crippen molar-refractivity contribution in [2.45, 2.75) is 45.4 Å². The number of ether oxygens (including phenoxy) is 3. The minimum Gasteiger partial charge on any atom is -0.454 e. The minimum absolute atomic E-state index is 0.0538. The van der Waals surface area contributed by atoms with Crippen molar-refractivity contribution in [2.24, 2.45) is 0 Å². The second-order valence-electron chi connectivity index (χ2n) is 5.98. The molecule has 0 spiro atoms. The summed E-state index contributed by atoms with van der Waals surface area (Å²) in [7, 11) is 0. The smallest absolute Gasteiger partial charge is 0.335 e. The van der Waals surface area contributed by atoms with Gasteiger partial charge in [-0.15, -0.1) is 0 Å². The zero-order valence-corrected chi connectivity index (χ0v) is 14.2. The second-order valence-corrected chi connectivity index (χ2v) is 5.98. The fraction of sp³-hybridized carbons (Fsp3) is 0.556. The lowest BCUT2D eigenvalue weighted by Gasteiger charge is -2.15. The highest BCUT2D eigenvalue weighted by Gasteiger charge is 2.21. The third-order valence-electron chi connectivity index (χ3n) is 3.84.